The fourth-order valence-electron chi connectivity index (χ4n) is 3.90. The topological polar surface area (TPSA) is 118 Å². The Balaban J connectivity index is 1.30. The Morgan fingerprint density at radius 3 is 2.59 bits per heavy atom. The van der Waals surface area contributed by atoms with Gasteiger partial charge in [-0.2, -0.15) is 4.98 Å². The second-order valence-electron chi connectivity index (χ2n) is 7.65. The number of likely N-dealkylation sites (tertiary alicyclic amines) is 1. The molecule has 1 aliphatic rings. The van der Waals surface area contributed by atoms with Crippen molar-refractivity contribution >= 4 is 5.97 Å². The molecule has 1 N–H and O–H groups in total. The monoisotopic (exact) mass is 428 g/mol. The highest BCUT2D eigenvalue weighted by Crippen LogP contribution is 2.33. The van der Waals surface area contributed by atoms with Crippen LogP contribution < -0.4 is 0 Å². The average molecular weight is 428 g/mol. The molecule has 9 nitrogen and oxygen atoms in total. The van der Waals surface area contributed by atoms with E-state index in [0.29, 0.717) is 18.3 Å². The molecule has 160 valence electrons. The van der Waals surface area contributed by atoms with Crippen molar-refractivity contribution in [3.8, 4) is 22.6 Å². The van der Waals surface area contributed by atoms with Crippen LogP contribution in [0.15, 0.2) is 65.8 Å². The summed E-state index contributed by atoms with van der Waals surface area (Å²) < 4.78 is 5.61. The van der Waals surface area contributed by atoms with E-state index in [0.717, 1.165) is 41.8 Å². The molecule has 0 amide bonds. The standard InChI is InChI=1S/C23H20N6O3/c30-23(31)16-5-3-15(4-6-16)13-29-9-1-2-20(29)22-27-21(28-32-22)17-7-8-19(26-12-17)18-10-24-14-25-11-18/h3-8,10-12,14,20H,1-2,9,13H2,(H,30,31). The number of carboxylic acid groups (broad SMARTS) is 1. The third kappa shape index (κ3) is 4.10. The summed E-state index contributed by atoms with van der Waals surface area (Å²) in [6.07, 6.45) is 8.59. The molecule has 1 fully saturated rings. The van der Waals surface area contributed by atoms with E-state index < -0.39 is 5.97 Å². The van der Waals surface area contributed by atoms with Crippen LogP contribution in [-0.2, 0) is 6.54 Å². The molecule has 32 heavy (non-hydrogen) atoms. The zero-order valence-corrected chi connectivity index (χ0v) is 17.1. The molecule has 4 heterocycles. The molecule has 5 rings (SSSR count). The van der Waals surface area contributed by atoms with Gasteiger partial charge in [-0.15, -0.1) is 0 Å². The smallest absolute Gasteiger partial charge is 0.335 e. The van der Waals surface area contributed by atoms with Crippen LogP contribution in [0.2, 0.25) is 0 Å². The van der Waals surface area contributed by atoms with Gasteiger partial charge in [-0.1, -0.05) is 17.3 Å². The summed E-state index contributed by atoms with van der Waals surface area (Å²) in [5.41, 5.74) is 3.72. The molecule has 4 aromatic rings. The molecule has 1 saturated heterocycles. The van der Waals surface area contributed by atoms with Crippen molar-refractivity contribution in [3.05, 3.63) is 78.3 Å². The third-order valence-electron chi connectivity index (χ3n) is 5.56. The fraction of sp³-hybridized carbons (Fsp3) is 0.217. The van der Waals surface area contributed by atoms with Crippen LogP contribution >= 0.6 is 0 Å². The van der Waals surface area contributed by atoms with Gasteiger partial charge in [0.2, 0.25) is 11.7 Å². The lowest BCUT2D eigenvalue weighted by atomic mass is 10.1. The van der Waals surface area contributed by atoms with Gasteiger partial charge in [0.1, 0.15) is 6.33 Å². The molecular weight excluding hydrogens is 408 g/mol. The molecular formula is C23H20N6O3. The van der Waals surface area contributed by atoms with Gasteiger partial charge in [-0.05, 0) is 49.2 Å². The average Bonchev–Trinajstić information content (AvgIpc) is 3.50. The van der Waals surface area contributed by atoms with Gasteiger partial charge in [0.25, 0.3) is 0 Å². The van der Waals surface area contributed by atoms with Crippen LogP contribution in [0.25, 0.3) is 22.6 Å². The molecule has 0 radical (unpaired) electrons. The molecule has 1 aliphatic heterocycles. The summed E-state index contributed by atoms with van der Waals surface area (Å²) >= 11 is 0. The summed E-state index contributed by atoms with van der Waals surface area (Å²) in [5.74, 6) is 0.162. The van der Waals surface area contributed by atoms with Gasteiger partial charge in [0.05, 0.1) is 17.3 Å². The molecule has 1 aromatic carbocycles. The van der Waals surface area contributed by atoms with Gasteiger partial charge >= 0.3 is 5.97 Å². The van der Waals surface area contributed by atoms with E-state index >= 15 is 0 Å². The van der Waals surface area contributed by atoms with Crippen molar-refractivity contribution in [2.75, 3.05) is 6.54 Å². The number of hydrogen-bond donors (Lipinski definition) is 1. The normalized spacial score (nSPS) is 16.3. The third-order valence-corrected chi connectivity index (χ3v) is 5.56. The second kappa shape index (κ2) is 8.64. The Bertz CT molecular complexity index is 1210. The minimum atomic E-state index is -0.923. The maximum absolute atomic E-state index is 11.1. The van der Waals surface area contributed by atoms with Gasteiger partial charge in [0, 0.05) is 36.3 Å². The van der Waals surface area contributed by atoms with Gasteiger partial charge in [0.15, 0.2) is 0 Å². The number of aromatic nitrogens is 5. The largest absolute Gasteiger partial charge is 0.478 e. The van der Waals surface area contributed by atoms with Gasteiger partial charge < -0.3 is 9.63 Å². The van der Waals surface area contributed by atoms with Crippen LogP contribution in [0.1, 0.15) is 40.7 Å². The highest BCUT2D eigenvalue weighted by Gasteiger charge is 2.31. The number of pyridine rings is 1. The Hall–Kier alpha value is -3.98. The minimum absolute atomic E-state index is 0.0316. The van der Waals surface area contributed by atoms with Crippen molar-refractivity contribution in [1.29, 1.82) is 0 Å². The number of hydrogen-bond acceptors (Lipinski definition) is 8. The summed E-state index contributed by atoms with van der Waals surface area (Å²) in [4.78, 5) is 30.5. The highest BCUT2D eigenvalue weighted by atomic mass is 16.5. The zero-order valence-electron chi connectivity index (χ0n) is 17.1. The summed E-state index contributed by atoms with van der Waals surface area (Å²) in [6, 6.07) is 10.8. The molecule has 0 spiro atoms. The summed E-state index contributed by atoms with van der Waals surface area (Å²) in [5, 5.41) is 13.2. The summed E-state index contributed by atoms with van der Waals surface area (Å²) in [6.45, 7) is 1.61. The molecule has 1 atom stereocenters. The van der Waals surface area contributed by atoms with E-state index in [9.17, 15) is 4.79 Å². The lowest BCUT2D eigenvalue weighted by Gasteiger charge is -2.21. The van der Waals surface area contributed by atoms with E-state index in [2.05, 4.69) is 30.0 Å². The quantitative estimate of drug-likeness (QED) is 0.491. The number of nitrogens with zero attached hydrogens (tertiary/aromatic N) is 6. The Morgan fingerprint density at radius 1 is 1.06 bits per heavy atom. The van der Waals surface area contributed by atoms with E-state index in [1.807, 2.05) is 24.3 Å². The van der Waals surface area contributed by atoms with Gasteiger partial charge in [-0.3, -0.25) is 9.88 Å². The highest BCUT2D eigenvalue weighted by molar-refractivity contribution is 5.87. The molecule has 3 aromatic heterocycles. The Morgan fingerprint density at radius 2 is 1.88 bits per heavy atom. The Labute approximate surface area is 183 Å². The number of rotatable bonds is 6. The molecule has 9 heteroatoms. The molecule has 0 saturated carbocycles. The van der Waals surface area contributed by atoms with E-state index in [1.54, 1.807) is 30.7 Å². The number of benzene rings is 1. The first kappa shape index (κ1) is 20.0. The first-order chi connectivity index (χ1) is 15.7. The Kier molecular flexibility index (Phi) is 5.39. The predicted molar refractivity (Wildman–Crippen MR) is 114 cm³/mol. The first-order valence-electron chi connectivity index (χ1n) is 10.3. The maximum atomic E-state index is 11.1. The van der Waals surface area contributed by atoms with Gasteiger partial charge in [-0.25, -0.2) is 14.8 Å². The predicted octanol–water partition coefficient (Wildman–Crippen LogP) is 3.62. The fourth-order valence-corrected chi connectivity index (χ4v) is 3.90. The number of carboxylic acids is 1. The van der Waals surface area contributed by atoms with Crippen molar-refractivity contribution in [1.82, 2.24) is 30.0 Å². The minimum Gasteiger partial charge on any atom is -0.478 e. The molecule has 0 bridgehead atoms. The van der Waals surface area contributed by atoms with Crippen molar-refractivity contribution in [2.24, 2.45) is 0 Å². The second-order valence-corrected chi connectivity index (χ2v) is 7.65. The van der Waals surface area contributed by atoms with Crippen molar-refractivity contribution in [3.63, 3.8) is 0 Å². The van der Waals surface area contributed by atoms with Crippen LogP contribution in [-0.4, -0.2) is 47.6 Å². The van der Waals surface area contributed by atoms with Crippen molar-refractivity contribution in [2.45, 2.75) is 25.4 Å². The van der Waals surface area contributed by atoms with E-state index in [1.165, 1.54) is 6.33 Å². The van der Waals surface area contributed by atoms with Crippen LogP contribution in [0, 0.1) is 0 Å². The van der Waals surface area contributed by atoms with Crippen LogP contribution in [0.4, 0.5) is 0 Å². The number of aromatic carboxylic acids is 1. The number of carbonyl (C=O) groups is 1. The maximum Gasteiger partial charge on any atom is 0.335 e. The molecule has 1 unspecified atom stereocenters. The molecule has 0 aliphatic carbocycles. The summed E-state index contributed by atoms with van der Waals surface area (Å²) in [7, 11) is 0. The van der Waals surface area contributed by atoms with E-state index in [4.69, 9.17) is 9.63 Å². The van der Waals surface area contributed by atoms with Crippen LogP contribution in [0.3, 0.4) is 0 Å². The lowest BCUT2D eigenvalue weighted by Crippen LogP contribution is -2.23. The lowest BCUT2D eigenvalue weighted by molar-refractivity contribution is 0.0697. The van der Waals surface area contributed by atoms with Crippen LogP contribution in [0.5, 0.6) is 0 Å². The zero-order chi connectivity index (χ0) is 21.9. The van der Waals surface area contributed by atoms with Crippen molar-refractivity contribution < 1.29 is 14.4 Å². The SMILES string of the molecule is O=C(O)c1ccc(CN2CCCC2c2nc(-c3ccc(-c4cncnc4)nc3)no2)cc1. The van der Waals surface area contributed by atoms with E-state index in [-0.39, 0.29) is 11.6 Å². The first-order valence-corrected chi connectivity index (χ1v) is 10.3.